The van der Waals surface area contributed by atoms with E-state index in [-0.39, 0.29) is 0 Å². The Morgan fingerprint density at radius 2 is 1.89 bits per heavy atom. The molecular formula is C13H18N4S. The van der Waals surface area contributed by atoms with Gasteiger partial charge in [-0.25, -0.2) is 0 Å². The van der Waals surface area contributed by atoms with Gasteiger partial charge >= 0.3 is 0 Å². The molecule has 0 spiro atoms. The molecule has 1 heterocycles. The molecule has 0 saturated heterocycles. The first-order chi connectivity index (χ1) is 8.58. The first-order valence-electron chi connectivity index (χ1n) is 5.94. The summed E-state index contributed by atoms with van der Waals surface area (Å²) in [6, 6.07) is 8.71. The molecular weight excluding hydrogens is 244 g/mol. The van der Waals surface area contributed by atoms with E-state index in [1.807, 2.05) is 7.05 Å². The van der Waals surface area contributed by atoms with Crippen molar-refractivity contribution in [2.45, 2.75) is 30.7 Å². The average Bonchev–Trinajstić information content (AvgIpc) is 2.68. The van der Waals surface area contributed by atoms with Crippen molar-refractivity contribution in [3.63, 3.8) is 0 Å². The Morgan fingerprint density at radius 3 is 2.39 bits per heavy atom. The highest BCUT2D eigenvalue weighted by Crippen LogP contribution is 2.23. The van der Waals surface area contributed by atoms with Crippen LogP contribution in [0.15, 0.2) is 29.4 Å². The average molecular weight is 262 g/mol. The summed E-state index contributed by atoms with van der Waals surface area (Å²) in [5, 5.41) is 8.71. The maximum atomic E-state index is 5.64. The predicted octanol–water partition coefficient (Wildman–Crippen LogP) is 2.81. The molecule has 0 aliphatic carbocycles. The van der Waals surface area contributed by atoms with E-state index in [9.17, 15) is 0 Å². The van der Waals surface area contributed by atoms with Crippen molar-refractivity contribution in [2.75, 3.05) is 5.73 Å². The van der Waals surface area contributed by atoms with Gasteiger partial charge in [0.25, 0.3) is 0 Å². The Labute approximate surface area is 112 Å². The topological polar surface area (TPSA) is 56.7 Å². The Kier molecular flexibility index (Phi) is 3.91. The second-order valence-electron chi connectivity index (χ2n) is 4.58. The molecule has 0 saturated carbocycles. The lowest BCUT2D eigenvalue weighted by Gasteiger charge is -2.06. The van der Waals surface area contributed by atoms with Gasteiger partial charge in [0, 0.05) is 12.8 Å². The van der Waals surface area contributed by atoms with E-state index >= 15 is 0 Å². The van der Waals surface area contributed by atoms with Crippen molar-refractivity contribution < 1.29 is 0 Å². The number of aromatic nitrogens is 3. The number of benzene rings is 1. The highest BCUT2D eigenvalue weighted by atomic mass is 32.2. The highest BCUT2D eigenvalue weighted by molar-refractivity contribution is 7.98. The quantitative estimate of drug-likeness (QED) is 0.861. The van der Waals surface area contributed by atoms with Gasteiger partial charge in [-0.05, 0) is 17.0 Å². The van der Waals surface area contributed by atoms with E-state index in [2.05, 4.69) is 48.3 Å². The van der Waals surface area contributed by atoms with Crippen molar-refractivity contribution >= 4 is 17.7 Å². The first kappa shape index (κ1) is 13.0. The summed E-state index contributed by atoms with van der Waals surface area (Å²) in [5.74, 6) is 1.91. The van der Waals surface area contributed by atoms with Crippen LogP contribution in [0.4, 0.5) is 5.95 Å². The van der Waals surface area contributed by atoms with E-state index in [1.54, 1.807) is 16.3 Å². The molecule has 2 rings (SSSR count). The zero-order valence-electron chi connectivity index (χ0n) is 10.9. The third-order valence-corrected chi connectivity index (χ3v) is 3.97. The molecule has 1 aromatic carbocycles. The zero-order valence-corrected chi connectivity index (χ0v) is 11.7. The normalized spacial score (nSPS) is 11.1. The molecule has 0 bridgehead atoms. The Balaban J connectivity index is 2.00. The lowest BCUT2D eigenvalue weighted by molar-refractivity contribution is 0.796. The van der Waals surface area contributed by atoms with Crippen molar-refractivity contribution in [2.24, 2.45) is 7.05 Å². The van der Waals surface area contributed by atoms with Crippen LogP contribution >= 0.6 is 11.8 Å². The van der Waals surface area contributed by atoms with E-state index in [0.717, 1.165) is 10.9 Å². The number of thioether (sulfide) groups is 1. The molecule has 5 heteroatoms. The summed E-state index contributed by atoms with van der Waals surface area (Å²) in [6.07, 6.45) is 0. The van der Waals surface area contributed by atoms with Crippen LogP contribution in [0.3, 0.4) is 0 Å². The Bertz CT molecular complexity index is 516. The number of nitrogen functional groups attached to an aromatic ring is 1. The molecule has 0 aliphatic rings. The summed E-state index contributed by atoms with van der Waals surface area (Å²) in [4.78, 5) is 0. The fourth-order valence-corrected chi connectivity index (χ4v) is 2.47. The molecule has 18 heavy (non-hydrogen) atoms. The maximum Gasteiger partial charge on any atom is 0.222 e. The molecule has 0 amide bonds. The van der Waals surface area contributed by atoms with Crippen molar-refractivity contribution in [3.8, 4) is 0 Å². The van der Waals surface area contributed by atoms with Gasteiger partial charge in [-0.3, -0.25) is 4.57 Å². The van der Waals surface area contributed by atoms with E-state index in [1.165, 1.54) is 11.1 Å². The van der Waals surface area contributed by atoms with Gasteiger partial charge in [-0.1, -0.05) is 49.9 Å². The predicted molar refractivity (Wildman–Crippen MR) is 75.5 cm³/mol. The lowest BCUT2D eigenvalue weighted by atomic mass is 10.0. The van der Waals surface area contributed by atoms with Crippen LogP contribution in [0.2, 0.25) is 0 Å². The Hall–Kier alpha value is -1.49. The lowest BCUT2D eigenvalue weighted by Crippen LogP contribution is -1.98. The summed E-state index contributed by atoms with van der Waals surface area (Å²) >= 11 is 1.64. The van der Waals surface area contributed by atoms with Crippen molar-refractivity contribution in [3.05, 3.63) is 35.4 Å². The van der Waals surface area contributed by atoms with Gasteiger partial charge in [0.05, 0.1) is 0 Å². The van der Waals surface area contributed by atoms with Gasteiger partial charge in [-0.2, -0.15) is 0 Å². The summed E-state index contributed by atoms with van der Waals surface area (Å²) in [6.45, 7) is 4.40. The minimum Gasteiger partial charge on any atom is -0.368 e. The standard InChI is InChI=1S/C13H18N4S/c1-9(2)11-6-4-10(5-7-11)8-18-13-16-15-12(14)17(13)3/h4-7,9H,8H2,1-3H3,(H2,14,15). The van der Waals surface area contributed by atoms with Crippen LogP contribution in [-0.2, 0) is 12.8 Å². The summed E-state index contributed by atoms with van der Waals surface area (Å²) in [5.41, 5.74) is 8.29. The minimum atomic E-state index is 0.452. The number of hydrogen-bond acceptors (Lipinski definition) is 4. The van der Waals surface area contributed by atoms with Crippen LogP contribution in [-0.4, -0.2) is 14.8 Å². The van der Waals surface area contributed by atoms with Crippen LogP contribution in [0.5, 0.6) is 0 Å². The number of rotatable bonds is 4. The summed E-state index contributed by atoms with van der Waals surface area (Å²) in [7, 11) is 1.87. The maximum absolute atomic E-state index is 5.64. The van der Waals surface area contributed by atoms with Gasteiger partial charge in [-0.15, -0.1) is 10.2 Å². The van der Waals surface area contributed by atoms with Gasteiger partial charge in [0.2, 0.25) is 5.95 Å². The zero-order chi connectivity index (χ0) is 13.1. The molecule has 0 aliphatic heterocycles. The van der Waals surface area contributed by atoms with Crippen LogP contribution < -0.4 is 5.73 Å². The van der Waals surface area contributed by atoms with Gasteiger partial charge < -0.3 is 5.73 Å². The van der Waals surface area contributed by atoms with E-state index in [4.69, 9.17) is 5.73 Å². The SMILES string of the molecule is CC(C)c1ccc(CSc2nnc(N)n2C)cc1. The molecule has 0 unspecified atom stereocenters. The number of hydrogen-bond donors (Lipinski definition) is 1. The fraction of sp³-hybridized carbons (Fsp3) is 0.385. The monoisotopic (exact) mass is 262 g/mol. The minimum absolute atomic E-state index is 0.452. The molecule has 2 aromatic rings. The summed E-state index contributed by atoms with van der Waals surface area (Å²) < 4.78 is 1.80. The third-order valence-electron chi connectivity index (χ3n) is 2.88. The molecule has 96 valence electrons. The van der Waals surface area contributed by atoms with Gasteiger partial charge in [0.15, 0.2) is 5.16 Å². The van der Waals surface area contributed by atoms with Gasteiger partial charge in [0.1, 0.15) is 0 Å². The molecule has 1 aromatic heterocycles. The first-order valence-corrected chi connectivity index (χ1v) is 6.93. The molecule has 2 N–H and O–H groups in total. The van der Waals surface area contributed by atoms with Crippen LogP contribution in [0, 0.1) is 0 Å². The second-order valence-corrected chi connectivity index (χ2v) is 5.53. The van der Waals surface area contributed by atoms with E-state index < -0.39 is 0 Å². The number of nitrogens with zero attached hydrogens (tertiary/aromatic N) is 3. The highest BCUT2D eigenvalue weighted by Gasteiger charge is 2.06. The van der Waals surface area contributed by atoms with Crippen molar-refractivity contribution in [1.29, 1.82) is 0 Å². The number of nitrogens with two attached hydrogens (primary N) is 1. The molecule has 0 fully saturated rings. The molecule has 4 nitrogen and oxygen atoms in total. The smallest absolute Gasteiger partial charge is 0.222 e. The van der Waals surface area contributed by atoms with Crippen LogP contribution in [0.25, 0.3) is 0 Å². The molecule has 0 radical (unpaired) electrons. The second kappa shape index (κ2) is 5.44. The Morgan fingerprint density at radius 1 is 1.22 bits per heavy atom. The fourth-order valence-electron chi connectivity index (χ4n) is 1.60. The van der Waals surface area contributed by atoms with Crippen molar-refractivity contribution in [1.82, 2.24) is 14.8 Å². The molecule has 0 atom stereocenters. The van der Waals surface area contributed by atoms with Crippen LogP contribution in [0.1, 0.15) is 30.9 Å². The number of anilines is 1. The van der Waals surface area contributed by atoms with E-state index in [0.29, 0.717) is 11.9 Å². The third kappa shape index (κ3) is 2.85. The largest absolute Gasteiger partial charge is 0.368 e.